The van der Waals surface area contributed by atoms with Gasteiger partial charge in [-0.05, 0) is 76.4 Å². The number of ether oxygens (including phenoxy) is 8. The van der Waals surface area contributed by atoms with E-state index in [9.17, 15) is 39.3 Å². The summed E-state index contributed by atoms with van der Waals surface area (Å²) in [4.78, 5) is 63.8. The third-order valence-electron chi connectivity index (χ3n) is 14.1. The number of amides is 1. The molecule has 75 heavy (non-hydrogen) atoms. The average Bonchev–Trinajstić information content (AvgIpc) is 3.34. The van der Waals surface area contributed by atoms with Gasteiger partial charge in [-0.25, -0.2) is 9.59 Å². The van der Waals surface area contributed by atoms with Gasteiger partial charge in [0.25, 0.3) is 0 Å². The van der Waals surface area contributed by atoms with E-state index in [1.54, 1.807) is 50.7 Å². The molecule has 0 saturated carbocycles. The van der Waals surface area contributed by atoms with E-state index in [1.807, 2.05) is 52.8 Å². The molecule has 0 aromatic carbocycles. The number of methoxy groups -OCH3 is 5. The lowest BCUT2D eigenvalue weighted by molar-refractivity contribution is -0.153. The van der Waals surface area contributed by atoms with Crippen LogP contribution < -0.4 is 5.32 Å². The van der Waals surface area contributed by atoms with Crippen molar-refractivity contribution in [3.05, 3.63) is 95.3 Å². The molecule has 0 radical (unpaired) electrons. The number of hydrogen-bond donors (Lipinski definition) is 4. The minimum Gasteiger partial charge on any atom is -0.469 e. The summed E-state index contributed by atoms with van der Waals surface area (Å²) < 4.78 is 44.8. The third kappa shape index (κ3) is 24.7. The molecule has 0 fully saturated rings. The number of nitrogens with one attached hydrogen (secondary N) is 1. The van der Waals surface area contributed by atoms with Crippen molar-refractivity contribution in [3.63, 3.8) is 0 Å². The standard InChI is InChI=1S/C58H87NO16/c1-37-16-14-20-47(69-7)35-58(67)74-49(36-68-6)25-38(2)26-53-40(4)44(32-57(66)75-53)18-15-19-45(60)33-50(62)41(5)51(70-8)22-21-39(3)52(71-9)34-48-28-43(31-56(65)73-48)29-54(63)59-23-13-11-12-17-42(27-46(61)24-37)30-55(64)72-10/h11-16,19-20,23,26,31-32,39-42,45-53,60-62H,17-18,21-22,24-25,27-30,33-36H2,1-10H3,(H,59,63)/b12-11+,19-15+,20-14+,23-13+,37-16+,38-26+/t39-,40+,41-,42+,45+,46+,47+,48-,49-,50-,51-,52+,53-/m0/s1. The van der Waals surface area contributed by atoms with Crippen LogP contribution >= 0.6 is 0 Å². The molecule has 420 valence electrons. The summed E-state index contributed by atoms with van der Waals surface area (Å²) in [6.45, 7) is 9.77. The Morgan fingerprint density at radius 3 is 2.19 bits per heavy atom. The summed E-state index contributed by atoms with van der Waals surface area (Å²) in [5.41, 5.74) is 3.14. The van der Waals surface area contributed by atoms with Crippen LogP contribution in [0.1, 0.15) is 118 Å². The normalized spacial score (nSPS) is 34.9. The van der Waals surface area contributed by atoms with E-state index in [2.05, 4.69) is 5.32 Å². The van der Waals surface area contributed by atoms with Gasteiger partial charge in [0.2, 0.25) is 5.91 Å². The predicted molar refractivity (Wildman–Crippen MR) is 283 cm³/mol. The van der Waals surface area contributed by atoms with Gasteiger partial charge < -0.3 is 58.5 Å². The number of rotatable bonds is 7. The van der Waals surface area contributed by atoms with Gasteiger partial charge in [-0.3, -0.25) is 14.4 Å². The maximum absolute atomic E-state index is 13.2. The van der Waals surface area contributed by atoms with Crippen LogP contribution in [-0.2, 0) is 61.9 Å². The Kier molecular flexibility index (Phi) is 29.7. The molecule has 3 aliphatic heterocycles. The SMILES string of the molecule is COC[C@@H]1C/C(C)=C/[C@@H]2OC(=O)C=C(C/C=C/[C@@H](O)C[C@H](O)[C@H](C)[C@@H](OC)CC[C@H](C)[C@H](OC)C[C@@H]3CC(=CC(=O)O3)CC(=O)N/C=C/C=C/C[C@@H](CC(=O)OC)C[C@H](O)C/C(C)=C/C=C/[C@@H](OC)CC(=O)O1)[C@H]2C. The van der Waals surface area contributed by atoms with Crippen molar-refractivity contribution in [1.82, 2.24) is 5.32 Å². The molecule has 17 heteroatoms. The Bertz CT molecular complexity index is 2070. The Balaban J connectivity index is 1.81. The molecule has 4 bridgehead atoms. The van der Waals surface area contributed by atoms with Gasteiger partial charge in [0.05, 0.1) is 56.8 Å². The molecule has 0 saturated heterocycles. The fourth-order valence-electron chi connectivity index (χ4n) is 9.67. The second-order valence-corrected chi connectivity index (χ2v) is 20.3. The number of carbonyl (C=O) groups excluding carboxylic acids is 5. The van der Waals surface area contributed by atoms with Crippen molar-refractivity contribution < 1.29 is 77.2 Å². The van der Waals surface area contributed by atoms with Crippen molar-refractivity contribution in [3.8, 4) is 0 Å². The summed E-state index contributed by atoms with van der Waals surface area (Å²) in [7, 11) is 7.54. The number of fused-ring (bicyclic) bond motifs is 4. The number of esters is 4. The highest BCUT2D eigenvalue weighted by molar-refractivity contribution is 5.87. The fraction of sp³-hybridized carbons (Fsp3) is 0.638. The molecule has 3 rings (SSSR count). The summed E-state index contributed by atoms with van der Waals surface area (Å²) in [6, 6.07) is 0. The van der Waals surface area contributed by atoms with Crippen LogP contribution in [0.3, 0.4) is 0 Å². The molecule has 4 N–H and O–H groups in total. The van der Waals surface area contributed by atoms with Gasteiger partial charge in [0, 0.05) is 97.2 Å². The number of aliphatic hydroxyl groups is 3. The zero-order chi connectivity index (χ0) is 55.5. The van der Waals surface area contributed by atoms with Crippen LogP contribution in [0, 0.1) is 23.7 Å². The fourth-order valence-corrected chi connectivity index (χ4v) is 9.67. The third-order valence-corrected chi connectivity index (χ3v) is 14.1. The summed E-state index contributed by atoms with van der Waals surface area (Å²) in [6.07, 6.45) is 18.6. The maximum Gasteiger partial charge on any atom is 0.331 e. The molecule has 0 unspecified atom stereocenters. The summed E-state index contributed by atoms with van der Waals surface area (Å²) in [5.74, 6) is -2.93. The average molecular weight is 1050 g/mol. The van der Waals surface area contributed by atoms with Gasteiger partial charge in [-0.2, -0.15) is 0 Å². The lowest BCUT2D eigenvalue weighted by atomic mass is 9.86. The van der Waals surface area contributed by atoms with Gasteiger partial charge in [0.15, 0.2) is 0 Å². The van der Waals surface area contributed by atoms with E-state index in [0.29, 0.717) is 63.4 Å². The van der Waals surface area contributed by atoms with Gasteiger partial charge in [-0.1, -0.05) is 85.6 Å². The predicted octanol–water partition coefficient (Wildman–Crippen LogP) is 7.35. The van der Waals surface area contributed by atoms with Crippen molar-refractivity contribution in [2.75, 3.05) is 42.2 Å². The first-order valence-electron chi connectivity index (χ1n) is 26.2. The van der Waals surface area contributed by atoms with E-state index in [0.717, 1.165) is 16.7 Å². The number of carbonyl (C=O) groups is 5. The Morgan fingerprint density at radius 1 is 0.760 bits per heavy atom. The topological polar surface area (TPSA) is 232 Å². The highest BCUT2D eigenvalue weighted by atomic mass is 16.6. The van der Waals surface area contributed by atoms with E-state index >= 15 is 0 Å². The van der Waals surface area contributed by atoms with Gasteiger partial charge in [-0.15, -0.1) is 0 Å². The highest BCUT2D eigenvalue weighted by Gasteiger charge is 2.32. The second-order valence-electron chi connectivity index (χ2n) is 20.3. The zero-order valence-corrected chi connectivity index (χ0v) is 46.0. The molecule has 3 heterocycles. The van der Waals surface area contributed by atoms with Crippen molar-refractivity contribution in [2.45, 2.75) is 173 Å². The van der Waals surface area contributed by atoms with Crippen LogP contribution in [0.5, 0.6) is 0 Å². The van der Waals surface area contributed by atoms with Crippen LogP contribution in [0.4, 0.5) is 0 Å². The second kappa shape index (κ2) is 34.6. The van der Waals surface area contributed by atoms with E-state index in [-0.39, 0.29) is 74.1 Å². The first kappa shape index (κ1) is 64.3. The summed E-state index contributed by atoms with van der Waals surface area (Å²) in [5, 5.41) is 36.0. The molecule has 0 spiro atoms. The van der Waals surface area contributed by atoms with Crippen LogP contribution in [0.25, 0.3) is 0 Å². The molecule has 0 aliphatic carbocycles. The largest absolute Gasteiger partial charge is 0.469 e. The monoisotopic (exact) mass is 1050 g/mol. The zero-order valence-electron chi connectivity index (χ0n) is 46.0. The molecular formula is C58H87NO16. The first-order valence-corrected chi connectivity index (χ1v) is 26.2. The molecule has 3 aliphatic rings. The molecule has 0 aromatic heterocycles. The molecular weight excluding hydrogens is 967 g/mol. The minimum absolute atomic E-state index is 0.00117. The van der Waals surface area contributed by atoms with Crippen LogP contribution in [-0.4, -0.2) is 142 Å². The Hall–Kier alpha value is -5.01. The Labute approximate surface area is 445 Å². The maximum atomic E-state index is 13.2. The lowest BCUT2D eigenvalue weighted by Crippen LogP contribution is -2.35. The molecule has 0 aromatic rings. The van der Waals surface area contributed by atoms with Gasteiger partial charge in [0.1, 0.15) is 18.3 Å². The van der Waals surface area contributed by atoms with Crippen molar-refractivity contribution >= 4 is 29.8 Å². The number of allylic oxidation sites excluding steroid dienone is 6. The molecule has 1 amide bonds. The molecule has 13 atom stereocenters. The lowest BCUT2D eigenvalue weighted by Gasteiger charge is -2.31. The van der Waals surface area contributed by atoms with E-state index in [4.69, 9.17) is 37.9 Å². The number of aliphatic hydroxyl groups excluding tert-OH is 3. The quantitative estimate of drug-likeness (QED) is 0.111. The first-order chi connectivity index (χ1) is 35.8. The minimum atomic E-state index is -0.960. The van der Waals surface area contributed by atoms with Gasteiger partial charge >= 0.3 is 23.9 Å². The van der Waals surface area contributed by atoms with Crippen LogP contribution in [0.2, 0.25) is 0 Å². The Morgan fingerprint density at radius 2 is 1.49 bits per heavy atom. The number of hydrogen-bond acceptors (Lipinski definition) is 16. The highest BCUT2D eigenvalue weighted by Crippen LogP contribution is 2.31. The summed E-state index contributed by atoms with van der Waals surface area (Å²) >= 11 is 0. The van der Waals surface area contributed by atoms with Crippen molar-refractivity contribution in [2.24, 2.45) is 23.7 Å². The molecule has 17 nitrogen and oxygen atoms in total. The van der Waals surface area contributed by atoms with Crippen molar-refractivity contribution in [1.29, 1.82) is 0 Å². The smallest absolute Gasteiger partial charge is 0.331 e. The number of cyclic esters (lactones) is 1. The van der Waals surface area contributed by atoms with Crippen LogP contribution in [0.15, 0.2) is 95.3 Å². The van der Waals surface area contributed by atoms with E-state index < -0.39 is 66.6 Å². The van der Waals surface area contributed by atoms with E-state index in [1.165, 1.54) is 39.7 Å².